The van der Waals surface area contributed by atoms with Gasteiger partial charge in [0.25, 0.3) is 0 Å². The molecule has 0 bridgehead atoms. The van der Waals surface area contributed by atoms with Crippen molar-refractivity contribution in [2.24, 2.45) is 5.92 Å². The molecule has 2 amide bonds. The van der Waals surface area contributed by atoms with Crippen molar-refractivity contribution in [1.29, 1.82) is 0 Å². The summed E-state index contributed by atoms with van der Waals surface area (Å²) >= 11 is 5.87. The molecule has 1 heterocycles. The van der Waals surface area contributed by atoms with Gasteiger partial charge in [-0.1, -0.05) is 43.0 Å². The standard InChI is InChI=1S/C19H25ClN2O2/c20-17-8-6-15(7-9-17)14-18(23)21-10-12-22(13-11-21)19(24)16-4-2-1-3-5-16/h6-9,16H,1-5,10-14H2. The van der Waals surface area contributed by atoms with Gasteiger partial charge in [-0.3, -0.25) is 9.59 Å². The molecule has 2 fully saturated rings. The highest BCUT2D eigenvalue weighted by atomic mass is 35.5. The molecule has 0 spiro atoms. The predicted octanol–water partition coefficient (Wildman–Crippen LogP) is 3.13. The number of carbonyl (C=O) groups is 2. The van der Waals surface area contributed by atoms with Crippen molar-refractivity contribution in [3.8, 4) is 0 Å². The van der Waals surface area contributed by atoms with Gasteiger partial charge in [-0.2, -0.15) is 0 Å². The van der Waals surface area contributed by atoms with E-state index in [0.29, 0.717) is 43.5 Å². The average Bonchev–Trinajstić information content (AvgIpc) is 2.64. The molecule has 3 rings (SSSR count). The van der Waals surface area contributed by atoms with Crippen LogP contribution in [-0.4, -0.2) is 47.8 Å². The van der Waals surface area contributed by atoms with E-state index in [2.05, 4.69) is 0 Å². The normalized spacial score (nSPS) is 19.4. The molecule has 2 aliphatic rings. The minimum Gasteiger partial charge on any atom is -0.339 e. The summed E-state index contributed by atoms with van der Waals surface area (Å²) in [5.41, 5.74) is 0.977. The number of rotatable bonds is 3. The molecule has 1 saturated carbocycles. The largest absolute Gasteiger partial charge is 0.339 e. The van der Waals surface area contributed by atoms with Crippen LogP contribution in [-0.2, 0) is 16.0 Å². The molecule has 0 atom stereocenters. The summed E-state index contributed by atoms with van der Waals surface area (Å²) < 4.78 is 0. The monoisotopic (exact) mass is 348 g/mol. The number of nitrogens with zero attached hydrogens (tertiary/aromatic N) is 2. The van der Waals surface area contributed by atoms with Crippen molar-refractivity contribution in [2.75, 3.05) is 26.2 Å². The van der Waals surface area contributed by atoms with E-state index >= 15 is 0 Å². The third-order valence-electron chi connectivity index (χ3n) is 5.17. The molecule has 1 aliphatic heterocycles. The van der Waals surface area contributed by atoms with Crippen LogP contribution in [0.1, 0.15) is 37.7 Å². The maximum absolute atomic E-state index is 12.6. The summed E-state index contributed by atoms with van der Waals surface area (Å²) in [5.74, 6) is 0.650. The third kappa shape index (κ3) is 4.29. The van der Waals surface area contributed by atoms with Gasteiger partial charge in [0.05, 0.1) is 6.42 Å². The van der Waals surface area contributed by atoms with Crippen LogP contribution in [0.25, 0.3) is 0 Å². The predicted molar refractivity (Wildman–Crippen MR) is 94.9 cm³/mol. The van der Waals surface area contributed by atoms with E-state index in [9.17, 15) is 9.59 Å². The lowest BCUT2D eigenvalue weighted by Crippen LogP contribution is -2.52. The Kier molecular flexibility index (Phi) is 5.77. The van der Waals surface area contributed by atoms with E-state index in [1.807, 2.05) is 34.1 Å². The second-order valence-corrected chi connectivity index (χ2v) is 7.28. The first-order valence-electron chi connectivity index (χ1n) is 8.94. The molecular weight excluding hydrogens is 324 g/mol. The summed E-state index contributed by atoms with van der Waals surface area (Å²) in [6, 6.07) is 7.40. The van der Waals surface area contributed by atoms with Gasteiger partial charge < -0.3 is 9.80 Å². The molecule has 0 radical (unpaired) electrons. The highest BCUT2D eigenvalue weighted by molar-refractivity contribution is 6.30. The molecule has 130 valence electrons. The van der Waals surface area contributed by atoms with Crippen molar-refractivity contribution < 1.29 is 9.59 Å². The van der Waals surface area contributed by atoms with Crippen LogP contribution in [0.4, 0.5) is 0 Å². The summed E-state index contributed by atoms with van der Waals surface area (Å²) in [6.07, 6.45) is 6.08. The summed E-state index contributed by atoms with van der Waals surface area (Å²) in [5, 5.41) is 0.682. The summed E-state index contributed by atoms with van der Waals surface area (Å²) in [7, 11) is 0. The number of piperazine rings is 1. The lowest BCUT2D eigenvalue weighted by atomic mass is 9.88. The Bertz CT molecular complexity index is 574. The highest BCUT2D eigenvalue weighted by Gasteiger charge is 2.29. The van der Waals surface area contributed by atoms with Crippen LogP contribution >= 0.6 is 11.6 Å². The number of amides is 2. The SMILES string of the molecule is O=C(Cc1ccc(Cl)cc1)N1CCN(C(=O)C2CCCCC2)CC1. The van der Waals surface area contributed by atoms with Crippen LogP contribution < -0.4 is 0 Å². The number of halogens is 1. The van der Waals surface area contributed by atoms with Gasteiger partial charge in [-0.25, -0.2) is 0 Å². The van der Waals surface area contributed by atoms with E-state index < -0.39 is 0 Å². The van der Waals surface area contributed by atoms with Gasteiger partial charge in [0.1, 0.15) is 0 Å². The number of benzene rings is 1. The molecule has 4 nitrogen and oxygen atoms in total. The minimum atomic E-state index is 0.127. The lowest BCUT2D eigenvalue weighted by Gasteiger charge is -2.37. The van der Waals surface area contributed by atoms with Crippen LogP contribution in [0.3, 0.4) is 0 Å². The Hall–Kier alpha value is -1.55. The van der Waals surface area contributed by atoms with Gasteiger partial charge in [-0.05, 0) is 30.5 Å². The molecule has 0 unspecified atom stereocenters. The zero-order chi connectivity index (χ0) is 16.9. The molecule has 0 N–H and O–H groups in total. The summed E-state index contributed by atoms with van der Waals surface area (Å²) in [6.45, 7) is 2.62. The van der Waals surface area contributed by atoms with Crippen LogP contribution in [0.5, 0.6) is 0 Å². The second kappa shape index (κ2) is 8.02. The quantitative estimate of drug-likeness (QED) is 0.842. The fourth-order valence-electron chi connectivity index (χ4n) is 3.67. The van der Waals surface area contributed by atoms with E-state index in [1.54, 1.807) is 0 Å². The zero-order valence-corrected chi connectivity index (χ0v) is 14.8. The molecule has 1 aliphatic carbocycles. The lowest BCUT2D eigenvalue weighted by molar-refractivity contribution is -0.142. The first-order valence-corrected chi connectivity index (χ1v) is 9.32. The van der Waals surface area contributed by atoms with Crippen molar-refractivity contribution in [3.63, 3.8) is 0 Å². The van der Waals surface area contributed by atoms with Gasteiger partial charge in [-0.15, -0.1) is 0 Å². The van der Waals surface area contributed by atoms with Gasteiger partial charge in [0.15, 0.2) is 0 Å². The first-order chi connectivity index (χ1) is 11.6. The van der Waals surface area contributed by atoms with Crippen molar-refractivity contribution in [1.82, 2.24) is 9.80 Å². The highest BCUT2D eigenvalue weighted by Crippen LogP contribution is 2.25. The van der Waals surface area contributed by atoms with E-state index in [4.69, 9.17) is 11.6 Å². The van der Waals surface area contributed by atoms with Gasteiger partial charge >= 0.3 is 0 Å². The van der Waals surface area contributed by atoms with Crippen LogP contribution in [0.2, 0.25) is 5.02 Å². The fourth-order valence-corrected chi connectivity index (χ4v) is 3.80. The molecule has 0 aromatic heterocycles. The summed E-state index contributed by atoms with van der Waals surface area (Å²) in [4.78, 5) is 28.8. The molecule has 5 heteroatoms. The Morgan fingerprint density at radius 1 is 0.917 bits per heavy atom. The van der Waals surface area contributed by atoms with Crippen LogP contribution in [0, 0.1) is 5.92 Å². The maximum atomic E-state index is 12.6. The average molecular weight is 349 g/mol. The number of carbonyl (C=O) groups excluding carboxylic acids is 2. The fraction of sp³-hybridized carbons (Fsp3) is 0.579. The van der Waals surface area contributed by atoms with Gasteiger partial charge in [0.2, 0.25) is 11.8 Å². The van der Waals surface area contributed by atoms with E-state index in [0.717, 1.165) is 18.4 Å². The third-order valence-corrected chi connectivity index (χ3v) is 5.42. The zero-order valence-electron chi connectivity index (χ0n) is 14.0. The Labute approximate surface area is 148 Å². The molecule has 1 saturated heterocycles. The Morgan fingerprint density at radius 2 is 1.50 bits per heavy atom. The van der Waals surface area contributed by atoms with Crippen LogP contribution in [0.15, 0.2) is 24.3 Å². The molecule has 24 heavy (non-hydrogen) atoms. The van der Waals surface area contributed by atoms with E-state index in [1.165, 1.54) is 19.3 Å². The van der Waals surface area contributed by atoms with Crippen molar-refractivity contribution >= 4 is 23.4 Å². The maximum Gasteiger partial charge on any atom is 0.227 e. The second-order valence-electron chi connectivity index (χ2n) is 6.84. The topological polar surface area (TPSA) is 40.6 Å². The van der Waals surface area contributed by atoms with Crippen molar-refractivity contribution in [2.45, 2.75) is 38.5 Å². The molecular formula is C19H25ClN2O2. The molecule has 1 aromatic rings. The number of hydrogen-bond donors (Lipinski definition) is 0. The van der Waals surface area contributed by atoms with Gasteiger partial charge in [0, 0.05) is 37.1 Å². The minimum absolute atomic E-state index is 0.127. The van der Waals surface area contributed by atoms with E-state index in [-0.39, 0.29) is 11.8 Å². The smallest absolute Gasteiger partial charge is 0.227 e. The first kappa shape index (κ1) is 17.3. The number of hydrogen-bond acceptors (Lipinski definition) is 2. The Balaban J connectivity index is 1.48. The molecule has 1 aromatic carbocycles. The Morgan fingerprint density at radius 3 is 2.12 bits per heavy atom. The van der Waals surface area contributed by atoms with Crippen molar-refractivity contribution in [3.05, 3.63) is 34.9 Å².